The Morgan fingerprint density at radius 1 is 0.909 bits per heavy atom. The zero-order chi connectivity index (χ0) is 15.0. The molecule has 1 N–H and O–H groups in total. The van der Waals surface area contributed by atoms with Crippen LogP contribution in [-0.2, 0) is 0 Å². The van der Waals surface area contributed by atoms with Crippen LogP contribution in [0.5, 0.6) is 0 Å². The molecule has 0 aromatic heterocycles. The maximum atomic E-state index is 11.0. The van der Waals surface area contributed by atoms with E-state index in [9.17, 15) is 5.11 Å². The molecular formula is C20H21NO. The Morgan fingerprint density at radius 2 is 1.59 bits per heavy atom. The molecule has 2 heteroatoms. The van der Waals surface area contributed by atoms with Crippen molar-refractivity contribution < 1.29 is 5.11 Å². The summed E-state index contributed by atoms with van der Waals surface area (Å²) >= 11 is 0. The van der Waals surface area contributed by atoms with E-state index in [-0.39, 0.29) is 0 Å². The summed E-state index contributed by atoms with van der Waals surface area (Å²) < 4.78 is 0. The zero-order valence-electron chi connectivity index (χ0n) is 12.7. The Hall–Kier alpha value is -1.93. The number of aliphatic imine (C=N–C) groups is 1. The fourth-order valence-corrected chi connectivity index (χ4v) is 4.12. The van der Waals surface area contributed by atoms with Crippen molar-refractivity contribution in [3.63, 3.8) is 0 Å². The molecule has 1 fully saturated rings. The highest BCUT2D eigenvalue weighted by Crippen LogP contribution is 2.46. The van der Waals surface area contributed by atoms with Gasteiger partial charge in [-0.25, -0.2) is 0 Å². The molecule has 2 bridgehead atoms. The maximum Gasteiger partial charge on any atom is 0.157 e. The second-order valence-electron chi connectivity index (χ2n) is 6.73. The van der Waals surface area contributed by atoms with E-state index in [0.29, 0.717) is 11.8 Å². The van der Waals surface area contributed by atoms with Crippen LogP contribution in [-0.4, -0.2) is 16.5 Å². The minimum absolute atomic E-state index is 0.422. The molecule has 3 atom stereocenters. The van der Waals surface area contributed by atoms with Crippen molar-refractivity contribution in [2.45, 2.75) is 37.3 Å². The third-order valence-electron chi connectivity index (χ3n) is 5.01. The van der Waals surface area contributed by atoms with Crippen molar-refractivity contribution in [1.29, 1.82) is 0 Å². The van der Waals surface area contributed by atoms with Crippen LogP contribution in [0, 0.1) is 5.92 Å². The quantitative estimate of drug-likeness (QED) is 0.885. The molecule has 112 valence electrons. The summed E-state index contributed by atoms with van der Waals surface area (Å²) in [6.45, 7) is 0. The van der Waals surface area contributed by atoms with Crippen molar-refractivity contribution in [2.75, 3.05) is 0 Å². The molecule has 0 saturated heterocycles. The van der Waals surface area contributed by atoms with Crippen LogP contribution >= 0.6 is 0 Å². The first-order valence-corrected chi connectivity index (χ1v) is 8.13. The first-order chi connectivity index (χ1) is 10.7. The van der Waals surface area contributed by atoms with Crippen LogP contribution in [0.4, 0.5) is 0 Å². The summed E-state index contributed by atoms with van der Waals surface area (Å²) in [5.41, 5.74) is 2.69. The number of benzene rings is 2. The highest BCUT2D eigenvalue weighted by molar-refractivity contribution is 6.01. The Kier molecular flexibility index (Phi) is 3.34. The molecule has 2 aliphatic rings. The summed E-state index contributed by atoms with van der Waals surface area (Å²) in [5, 5.41) is 11.0. The van der Waals surface area contributed by atoms with Gasteiger partial charge < -0.3 is 5.11 Å². The second kappa shape index (κ2) is 5.36. The first kappa shape index (κ1) is 13.7. The van der Waals surface area contributed by atoms with Gasteiger partial charge >= 0.3 is 0 Å². The van der Waals surface area contributed by atoms with E-state index in [0.717, 1.165) is 37.0 Å². The average molecular weight is 291 g/mol. The zero-order valence-corrected chi connectivity index (χ0v) is 12.7. The maximum absolute atomic E-state index is 11.0. The van der Waals surface area contributed by atoms with E-state index in [4.69, 9.17) is 4.99 Å². The number of rotatable bonds is 2. The fourth-order valence-electron chi connectivity index (χ4n) is 4.12. The molecule has 2 aromatic rings. The Bertz CT molecular complexity index is 679. The molecule has 2 nitrogen and oxygen atoms in total. The van der Waals surface area contributed by atoms with Crippen molar-refractivity contribution in [1.82, 2.24) is 0 Å². The number of fused-ring (bicyclic) bond motifs is 2. The van der Waals surface area contributed by atoms with Gasteiger partial charge in [-0.2, -0.15) is 0 Å². The van der Waals surface area contributed by atoms with E-state index < -0.39 is 5.72 Å². The minimum Gasteiger partial charge on any atom is -0.369 e. The molecule has 0 unspecified atom stereocenters. The predicted octanol–water partition coefficient (Wildman–Crippen LogP) is 4.15. The second-order valence-corrected chi connectivity index (χ2v) is 6.73. The predicted molar refractivity (Wildman–Crippen MR) is 89.1 cm³/mol. The summed E-state index contributed by atoms with van der Waals surface area (Å²) in [7, 11) is 0. The third kappa shape index (κ3) is 2.59. The largest absolute Gasteiger partial charge is 0.369 e. The van der Waals surface area contributed by atoms with Crippen LogP contribution < -0.4 is 0 Å². The van der Waals surface area contributed by atoms with Crippen molar-refractivity contribution in [2.24, 2.45) is 10.9 Å². The number of hydrogen-bond acceptors (Lipinski definition) is 2. The lowest BCUT2D eigenvalue weighted by Crippen LogP contribution is -2.42. The lowest BCUT2D eigenvalue weighted by molar-refractivity contribution is -0.0216. The molecule has 0 amide bonds. The topological polar surface area (TPSA) is 32.6 Å². The van der Waals surface area contributed by atoms with Gasteiger partial charge in [0.25, 0.3) is 0 Å². The number of aliphatic hydroxyl groups is 1. The van der Waals surface area contributed by atoms with Crippen LogP contribution in [0.15, 0.2) is 65.7 Å². The van der Waals surface area contributed by atoms with Crippen LogP contribution in [0.25, 0.3) is 0 Å². The van der Waals surface area contributed by atoms with Gasteiger partial charge in [0.2, 0.25) is 0 Å². The molecule has 0 spiro atoms. The van der Waals surface area contributed by atoms with Crippen molar-refractivity contribution >= 4 is 5.71 Å². The highest BCUT2D eigenvalue weighted by atomic mass is 16.3. The van der Waals surface area contributed by atoms with Gasteiger partial charge in [0.15, 0.2) is 5.72 Å². The standard InChI is InChI=1S/C20H21NO/c22-20-13-15(11-18(14-20)16-7-3-1-4-8-16)12-19(21-20)17-9-5-2-6-10-17/h1-10,15,18,22H,11-14H2/t15-,18+,20-/m0/s1. The lowest BCUT2D eigenvalue weighted by atomic mass is 9.70. The molecule has 1 heterocycles. The van der Waals surface area contributed by atoms with Crippen LogP contribution in [0.2, 0.25) is 0 Å². The normalized spacial score (nSPS) is 30.7. The molecule has 4 rings (SSSR count). The smallest absolute Gasteiger partial charge is 0.157 e. The molecule has 1 aliphatic heterocycles. The number of nitrogens with zero attached hydrogens (tertiary/aromatic N) is 1. The van der Waals surface area contributed by atoms with E-state index in [1.807, 2.05) is 24.3 Å². The lowest BCUT2D eigenvalue weighted by Gasteiger charge is -2.43. The summed E-state index contributed by atoms with van der Waals surface area (Å²) in [6.07, 6.45) is 3.68. The number of hydrogen-bond donors (Lipinski definition) is 1. The highest BCUT2D eigenvalue weighted by Gasteiger charge is 2.43. The summed E-state index contributed by atoms with van der Waals surface area (Å²) in [4.78, 5) is 4.75. The van der Waals surface area contributed by atoms with Crippen molar-refractivity contribution in [3.05, 3.63) is 71.8 Å². The summed E-state index contributed by atoms with van der Waals surface area (Å²) in [6, 6.07) is 20.9. The van der Waals surface area contributed by atoms with Gasteiger partial charge in [-0.3, -0.25) is 4.99 Å². The van der Waals surface area contributed by atoms with E-state index in [1.165, 1.54) is 5.56 Å². The fraction of sp³-hybridized carbons (Fsp3) is 0.350. The van der Waals surface area contributed by atoms with E-state index in [1.54, 1.807) is 0 Å². The van der Waals surface area contributed by atoms with E-state index >= 15 is 0 Å². The first-order valence-electron chi connectivity index (χ1n) is 8.13. The van der Waals surface area contributed by atoms with E-state index in [2.05, 4.69) is 36.4 Å². The van der Waals surface area contributed by atoms with Gasteiger partial charge in [0.1, 0.15) is 0 Å². The molecule has 2 aromatic carbocycles. The summed E-state index contributed by atoms with van der Waals surface area (Å²) in [5.74, 6) is 0.947. The van der Waals surface area contributed by atoms with Crippen LogP contribution in [0.1, 0.15) is 42.7 Å². The van der Waals surface area contributed by atoms with Gasteiger partial charge in [-0.05, 0) is 42.2 Å². The van der Waals surface area contributed by atoms with Crippen LogP contribution in [0.3, 0.4) is 0 Å². The molecule has 1 aliphatic carbocycles. The van der Waals surface area contributed by atoms with Crippen molar-refractivity contribution in [3.8, 4) is 0 Å². The van der Waals surface area contributed by atoms with Gasteiger partial charge in [-0.1, -0.05) is 60.7 Å². The Balaban J connectivity index is 1.64. The van der Waals surface area contributed by atoms with Gasteiger partial charge in [0.05, 0.1) is 0 Å². The van der Waals surface area contributed by atoms with Gasteiger partial charge in [0, 0.05) is 12.1 Å². The monoisotopic (exact) mass is 291 g/mol. The molecule has 22 heavy (non-hydrogen) atoms. The third-order valence-corrected chi connectivity index (χ3v) is 5.01. The SMILES string of the molecule is O[C@]12C[C@H](CC(c3ccccc3)=N1)C[C@@H](c1ccccc1)C2. The molecule has 1 saturated carbocycles. The van der Waals surface area contributed by atoms with Gasteiger partial charge in [-0.15, -0.1) is 0 Å². The average Bonchev–Trinajstić information content (AvgIpc) is 2.55. The molecule has 0 radical (unpaired) electrons. The molecular weight excluding hydrogens is 270 g/mol. The Morgan fingerprint density at radius 3 is 2.27 bits per heavy atom. The Labute approximate surface area is 131 Å². The minimum atomic E-state index is -0.882.